The Bertz CT molecular complexity index is 1350. The average molecular weight is 562 g/mol. The third kappa shape index (κ3) is 5.38. The Morgan fingerprint density at radius 3 is 2.75 bits per heavy atom. The van der Waals surface area contributed by atoms with E-state index in [-0.39, 0.29) is 35.1 Å². The second kappa shape index (κ2) is 11.7. The summed E-state index contributed by atoms with van der Waals surface area (Å²) in [6.45, 7) is 1.62. The van der Waals surface area contributed by atoms with Gasteiger partial charge in [-0.2, -0.15) is 0 Å². The molecule has 2 aliphatic rings. The van der Waals surface area contributed by atoms with Crippen molar-refractivity contribution in [2.75, 3.05) is 27.3 Å². The van der Waals surface area contributed by atoms with Gasteiger partial charge in [-0.1, -0.05) is 16.4 Å². The van der Waals surface area contributed by atoms with E-state index in [1.54, 1.807) is 11.9 Å². The zero-order chi connectivity index (χ0) is 28.6. The number of hydrogen-bond donors (Lipinski definition) is 2. The zero-order valence-electron chi connectivity index (χ0n) is 22.5. The number of amides is 1. The van der Waals surface area contributed by atoms with Gasteiger partial charge in [0, 0.05) is 51.1 Å². The molecule has 3 aromatic rings. The fourth-order valence-corrected chi connectivity index (χ4v) is 5.54. The molecule has 2 N–H and O–H groups in total. The third-order valence-corrected chi connectivity index (χ3v) is 7.95. The lowest BCUT2D eigenvalue weighted by molar-refractivity contribution is -0.212. The molecule has 13 heteroatoms. The number of carbonyl (C=O) groups is 1. The average Bonchev–Trinajstić information content (AvgIpc) is 3.58. The highest BCUT2D eigenvalue weighted by molar-refractivity contribution is 5.76. The molecule has 2 fully saturated rings. The van der Waals surface area contributed by atoms with Crippen molar-refractivity contribution in [1.29, 1.82) is 0 Å². The molecule has 0 bridgehead atoms. The molecule has 1 amide bonds. The highest BCUT2D eigenvalue weighted by Gasteiger charge is 2.47. The molecule has 1 aromatic carbocycles. The maximum absolute atomic E-state index is 14.6. The van der Waals surface area contributed by atoms with Crippen molar-refractivity contribution in [3.05, 3.63) is 53.0 Å². The molecule has 11 nitrogen and oxygen atoms in total. The molecule has 2 aromatic heterocycles. The van der Waals surface area contributed by atoms with Crippen LogP contribution in [0, 0.1) is 18.6 Å². The van der Waals surface area contributed by atoms with Crippen LogP contribution in [0.4, 0.5) is 8.78 Å². The van der Waals surface area contributed by atoms with Gasteiger partial charge in [0.15, 0.2) is 11.6 Å². The second-order valence-corrected chi connectivity index (χ2v) is 10.5. The van der Waals surface area contributed by atoms with Gasteiger partial charge in [-0.15, -0.1) is 5.10 Å². The number of carbonyl (C=O) groups excluding carboxylic acids is 1. The van der Waals surface area contributed by atoms with Crippen LogP contribution in [-0.2, 0) is 20.7 Å². The van der Waals surface area contributed by atoms with Gasteiger partial charge in [-0.3, -0.25) is 4.79 Å². The molecule has 0 saturated carbocycles. The van der Waals surface area contributed by atoms with Crippen molar-refractivity contribution in [2.45, 2.75) is 69.0 Å². The highest BCUT2D eigenvalue weighted by atomic mass is 19.2. The molecule has 216 valence electrons. The fourth-order valence-electron chi connectivity index (χ4n) is 5.54. The van der Waals surface area contributed by atoms with Crippen molar-refractivity contribution < 1.29 is 37.8 Å². The minimum Gasteiger partial charge on any atom is -0.394 e. The molecular weight excluding hydrogens is 528 g/mol. The predicted molar refractivity (Wildman–Crippen MR) is 136 cm³/mol. The summed E-state index contributed by atoms with van der Waals surface area (Å²) in [5.74, 6) is -1.30. The molecule has 2 aliphatic heterocycles. The Hall–Kier alpha value is -3.26. The van der Waals surface area contributed by atoms with Gasteiger partial charge in [0.2, 0.25) is 5.91 Å². The number of likely N-dealkylation sites (tertiary alicyclic amines) is 1. The Morgan fingerprint density at radius 2 is 2.00 bits per heavy atom. The second-order valence-electron chi connectivity index (χ2n) is 10.5. The SMILES string of the molecule is CO[C@@H]1[C@@H](n2cc(-c3ccc(C)c(F)c3F)nn2)[C@@H](O)[C@@H](CO)O[C@@H]1Cc1cc([C@@H]2CCC(=O)N(C)CC2)no1. The molecule has 4 heterocycles. The number of ether oxygens (including phenoxy) is 2. The van der Waals surface area contributed by atoms with Crippen molar-refractivity contribution in [2.24, 2.45) is 0 Å². The van der Waals surface area contributed by atoms with E-state index in [2.05, 4.69) is 15.5 Å². The van der Waals surface area contributed by atoms with Crippen LogP contribution in [0.5, 0.6) is 0 Å². The first-order valence-corrected chi connectivity index (χ1v) is 13.2. The molecular formula is C27H33F2N5O6. The lowest BCUT2D eigenvalue weighted by atomic mass is 9.90. The van der Waals surface area contributed by atoms with Crippen LogP contribution in [0.1, 0.15) is 48.2 Å². The number of methoxy groups -OCH3 is 1. The summed E-state index contributed by atoms with van der Waals surface area (Å²) in [7, 11) is 3.25. The van der Waals surface area contributed by atoms with Crippen molar-refractivity contribution in [3.63, 3.8) is 0 Å². The lowest BCUT2D eigenvalue weighted by Crippen LogP contribution is -2.57. The molecule has 0 radical (unpaired) electrons. The smallest absolute Gasteiger partial charge is 0.222 e. The van der Waals surface area contributed by atoms with Crippen LogP contribution in [-0.4, -0.2) is 92.9 Å². The van der Waals surface area contributed by atoms with E-state index in [4.69, 9.17) is 14.0 Å². The first-order valence-electron chi connectivity index (χ1n) is 13.2. The van der Waals surface area contributed by atoms with Crippen molar-refractivity contribution in [1.82, 2.24) is 25.1 Å². The third-order valence-electron chi connectivity index (χ3n) is 7.95. The molecule has 6 atom stereocenters. The number of benzene rings is 1. The molecule has 2 saturated heterocycles. The van der Waals surface area contributed by atoms with Crippen LogP contribution < -0.4 is 0 Å². The standard InChI is InChI=1S/C27H33F2N5O6/c1-14-4-6-17(24(29)23(14)28)19-12-34(32-30-19)25-26(37)21(13-35)39-20(27(25)38-3)11-16-10-18(31-40-16)15-5-7-22(36)33(2)9-8-15/h4,6,10,12,15,20-21,25-27,35,37H,5,7-9,11,13H2,1-3H3/t15-,20-,21-,25+,26+,27+/m1/s1. The van der Waals surface area contributed by atoms with E-state index in [0.717, 1.165) is 12.1 Å². The van der Waals surface area contributed by atoms with Gasteiger partial charge in [-0.25, -0.2) is 13.5 Å². The minimum absolute atomic E-state index is 0.0688. The number of aryl methyl sites for hydroxylation is 1. The van der Waals surface area contributed by atoms with Crippen molar-refractivity contribution >= 4 is 5.91 Å². The summed E-state index contributed by atoms with van der Waals surface area (Å²) in [4.78, 5) is 13.8. The number of aromatic nitrogens is 4. The summed E-state index contributed by atoms with van der Waals surface area (Å²) in [6, 6.07) is 3.83. The number of aliphatic hydroxyl groups excluding tert-OH is 2. The molecule has 5 rings (SSSR count). The fraction of sp³-hybridized carbons (Fsp3) is 0.556. The van der Waals surface area contributed by atoms with Crippen LogP contribution in [0.15, 0.2) is 28.9 Å². The maximum atomic E-state index is 14.6. The van der Waals surface area contributed by atoms with E-state index in [9.17, 15) is 23.8 Å². The topological polar surface area (TPSA) is 136 Å². The normalized spacial score (nSPS) is 27.7. The first kappa shape index (κ1) is 28.3. The lowest BCUT2D eigenvalue weighted by Gasteiger charge is -2.43. The van der Waals surface area contributed by atoms with E-state index in [1.165, 1.54) is 37.0 Å². The number of nitrogens with zero attached hydrogens (tertiary/aromatic N) is 5. The van der Waals surface area contributed by atoms with Crippen LogP contribution >= 0.6 is 0 Å². The monoisotopic (exact) mass is 561 g/mol. The number of hydrogen-bond acceptors (Lipinski definition) is 9. The summed E-state index contributed by atoms with van der Waals surface area (Å²) in [6.07, 6.45) is -0.162. The number of rotatable bonds is 7. The number of halogens is 2. The van der Waals surface area contributed by atoms with E-state index in [1.807, 2.05) is 6.07 Å². The molecule has 0 unspecified atom stereocenters. The van der Waals surface area contributed by atoms with E-state index < -0.39 is 48.7 Å². The molecule has 0 spiro atoms. The van der Waals surface area contributed by atoms with Gasteiger partial charge in [0.1, 0.15) is 35.8 Å². The largest absolute Gasteiger partial charge is 0.394 e. The Kier molecular flexibility index (Phi) is 8.26. The quantitative estimate of drug-likeness (QED) is 0.445. The van der Waals surface area contributed by atoms with Crippen LogP contribution in [0.25, 0.3) is 11.3 Å². The van der Waals surface area contributed by atoms with Crippen LogP contribution in [0.3, 0.4) is 0 Å². The summed E-state index contributed by atoms with van der Waals surface area (Å²) in [5.41, 5.74) is 0.929. The van der Waals surface area contributed by atoms with Crippen molar-refractivity contribution in [3.8, 4) is 11.3 Å². The van der Waals surface area contributed by atoms with Gasteiger partial charge in [0.05, 0.1) is 24.6 Å². The van der Waals surface area contributed by atoms with Gasteiger partial charge >= 0.3 is 0 Å². The highest BCUT2D eigenvalue weighted by Crippen LogP contribution is 2.35. The molecule has 0 aliphatic carbocycles. The summed E-state index contributed by atoms with van der Waals surface area (Å²) in [5, 5.41) is 33.4. The number of aliphatic hydroxyl groups is 2. The van der Waals surface area contributed by atoms with Gasteiger partial charge in [0.25, 0.3) is 0 Å². The van der Waals surface area contributed by atoms with E-state index >= 15 is 0 Å². The Balaban J connectivity index is 1.38. The predicted octanol–water partition coefficient (Wildman–Crippen LogP) is 2.17. The summed E-state index contributed by atoms with van der Waals surface area (Å²) >= 11 is 0. The van der Waals surface area contributed by atoms with Crippen LogP contribution in [0.2, 0.25) is 0 Å². The maximum Gasteiger partial charge on any atom is 0.222 e. The first-order chi connectivity index (χ1) is 19.2. The Labute approximate surface area is 229 Å². The molecule has 40 heavy (non-hydrogen) atoms. The van der Waals surface area contributed by atoms with Gasteiger partial charge < -0.3 is 29.1 Å². The van der Waals surface area contributed by atoms with E-state index in [0.29, 0.717) is 25.1 Å². The minimum atomic E-state index is -1.24. The summed E-state index contributed by atoms with van der Waals surface area (Å²) < 4.78 is 47.5. The Morgan fingerprint density at radius 1 is 1.20 bits per heavy atom. The van der Waals surface area contributed by atoms with Gasteiger partial charge in [-0.05, 0) is 31.4 Å². The zero-order valence-corrected chi connectivity index (χ0v) is 22.5.